The number of fused-ring (bicyclic) bond motifs is 1. The van der Waals surface area contributed by atoms with Crippen LogP contribution in [0.25, 0.3) is 0 Å². The molecule has 1 unspecified atom stereocenters. The third-order valence-corrected chi connectivity index (χ3v) is 2.81. The van der Waals surface area contributed by atoms with Crippen molar-refractivity contribution in [1.82, 2.24) is 0 Å². The molecule has 3 heteroatoms. The highest BCUT2D eigenvalue weighted by molar-refractivity contribution is 9.10. The van der Waals surface area contributed by atoms with E-state index in [2.05, 4.69) is 34.1 Å². The Morgan fingerprint density at radius 3 is 3.15 bits per heavy atom. The first-order chi connectivity index (χ1) is 6.27. The van der Waals surface area contributed by atoms with Crippen LogP contribution in [0, 0.1) is 0 Å². The van der Waals surface area contributed by atoms with E-state index in [0.29, 0.717) is 6.61 Å². The fourth-order valence-electron chi connectivity index (χ4n) is 1.62. The lowest BCUT2D eigenvalue weighted by Gasteiger charge is -2.11. The Morgan fingerprint density at radius 1 is 1.46 bits per heavy atom. The van der Waals surface area contributed by atoms with Gasteiger partial charge in [0, 0.05) is 4.47 Å². The van der Waals surface area contributed by atoms with Crippen LogP contribution in [0.5, 0.6) is 0 Å². The van der Waals surface area contributed by atoms with Crippen LogP contribution in [0.1, 0.15) is 17.2 Å². The molecule has 1 heterocycles. The molecule has 1 aromatic rings. The minimum Gasteiger partial charge on any atom is -0.379 e. The maximum absolute atomic E-state index is 5.97. The highest BCUT2D eigenvalue weighted by Gasteiger charge is 2.15. The number of ether oxygens (including phenoxy) is 1. The topological polar surface area (TPSA) is 35.2 Å². The fraction of sp³-hybridized carbons (Fsp3) is 0.400. The number of benzene rings is 1. The third kappa shape index (κ3) is 1.93. The van der Waals surface area contributed by atoms with Crippen LogP contribution >= 0.6 is 15.9 Å². The summed E-state index contributed by atoms with van der Waals surface area (Å²) in [7, 11) is 0. The third-order valence-electron chi connectivity index (χ3n) is 2.32. The molecule has 1 atom stereocenters. The second-order valence-corrected chi connectivity index (χ2v) is 4.19. The highest BCUT2D eigenvalue weighted by Crippen LogP contribution is 2.24. The lowest BCUT2D eigenvalue weighted by Crippen LogP contribution is -2.15. The Balaban J connectivity index is 2.43. The van der Waals surface area contributed by atoms with E-state index in [1.165, 1.54) is 11.1 Å². The van der Waals surface area contributed by atoms with Crippen LogP contribution in [0.2, 0.25) is 0 Å². The SMILES string of the molecule is NC1COCCc2ccc(Br)cc21. The van der Waals surface area contributed by atoms with E-state index in [9.17, 15) is 0 Å². The molecule has 0 amide bonds. The quantitative estimate of drug-likeness (QED) is 0.755. The van der Waals surface area contributed by atoms with Gasteiger partial charge in [-0.1, -0.05) is 22.0 Å². The van der Waals surface area contributed by atoms with Gasteiger partial charge in [0.15, 0.2) is 0 Å². The van der Waals surface area contributed by atoms with Gasteiger partial charge in [-0.3, -0.25) is 0 Å². The number of hydrogen-bond donors (Lipinski definition) is 1. The molecule has 2 nitrogen and oxygen atoms in total. The number of halogens is 1. The van der Waals surface area contributed by atoms with Gasteiger partial charge in [0.1, 0.15) is 0 Å². The first kappa shape index (κ1) is 9.19. The van der Waals surface area contributed by atoms with Crippen molar-refractivity contribution in [2.75, 3.05) is 13.2 Å². The summed E-state index contributed by atoms with van der Waals surface area (Å²) in [4.78, 5) is 0. The zero-order valence-corrected chi connectivity index (χ0v) is 8.88. The average Bonchev–Trinajstić information content (AvgIpc) is 2.29. The van der Waals surface area contributed by atoms with Crippen molar-refractivity contribution in [2.45, 2.75) is 12.5 Å². The highest BCUT2D eigenvalue weighted by atomic mass is 79.9. The molecule has 0 aromatic heterocycles. The second kappa shape index (κ2) is 3.78. The average molecular weight is 242 g/mol. The molecule has 13 heavy (non-hydrogen) atoms. The van der Waals surface area contributed by atoms with Crippen LogP contribution < -0.4 is 5.73 Å². The van der Waals surface area contributed by atoms with E-state index in [1.54, 1.807) is 0 Å². The standard InChI is InChI=1S/C10H12BrNO/c11-8-2-1-7-3-4-13-6-10(12)9(7)5-8/h1-2,5,10H,3-4,6,12H2. The summed E-state index contributed by atoms with van der Waals surface area (Å²) in [6, 6.07) is 6.29. The lowest BCUT2D eigenvalue weighted by atomic mass is 10.0. The molecule has 2 N–H and O–H groups in total. The van der Waals surface area contributed by atoms with E-state index < -0.39 is 0 Å². The van der Waals surface area contributed by atoms with Gasteiger partial charge in [0.05, 0.1) is 19.3 Å². The Kier molecular flexibility index (Phi) is 2.67. The molecule has 0 saturated carbocycles. The molecule has 1 aliphatic heterocycles. The largest absolute Gasteiger partial charge is 0.379 e. The molecule has 0 spiro atoms. The minimum absolute atomic E-state index is 0.0231. The van der Waals surface area contributed by atoms with Crippen LogP contribution in [0.4, 0.5) is 0 Å². The Morgan fingerprint density at radius 2 is 2.31 bits per heavy atom. The normalized spacial score (nSPS) is 22.2. The summed E-state index contributed by atoms with van der Waals surface area (Å²) in [6.45, 7) is 1.41. The van der Waals surface area contributed by atoms with Gasteiger partial charge >= 0.3 is 0 Å². The smallest absolute Gasteiger partial charge is 0.0659 e. The van der Waals surface area contributed by atoms with Crippen molar-refractivity contribution in [3.05, 3.63) is 33.8 Å². The van der Waals surface area contributed by atoms with Crippen molar-refractivity contribution < 1.29 is 4.74 Å². The molecule has 1 aromatic carbocycles. The summed E-state index contributed by atoms with van der Waals surface area (Å²) in [5, 5.41) is 0. The zero-order chi connectivity index (χ0) is 9.26. The van der Waals surface area contributed by atoms with Gasteiger partial charge in [0.25, 0.3) is 0 Å². The maximum atomic E-state index is 5.97. The lowest BCUT2D eigenvalue weighted by molar-refractivity contribution is 0.131. The molecule has 70 valence electrons. The van der Waals surface area contributed by atoms with Gasteiger partial charge < -0.3 is 10.5 Å². The molecule has 0 aliphatic carbocycles. The van der Waals surface area contributed by atoms with Crippen molar-refractivity contribution in [3.63, 3.8) is 0 Å². The summed E-state index contributed by atoms with van der Waals surface area (Å²) in [6.07, 6.45) is 0.969. The van der Waals surface area contributed by atoms with E-state index >= 15 is 0 Å². The van der Waals surface area contributed by atoms with E-state index in [4.69, 9.17) is 10.5 Å². The monoisotopic (exact) mass is 241 g/mol. The van der Waals surface area contributed by atoms with E-state index in [1.807, 2.05) is 0 Å². The van der Waals surface area contributed by atoms with Gasteiger partial charge in [0.2, 0.25) is 0 Å². The minimum atomic E-state index is 0.0231. The van der Waals surface area contributed by atoms with E-state index in [-0.39, 0.29) is 6.04 Å². The van der Waals surface area contributed by atoms with Crippen LogP contribution in [-0.2, 0) is 11.2 Å². The molecule has 2 rings (SSSR count). The maximum Gasteiger partial charge on any atom is 0.0659 e. The number of hydrogen-bond acceptors (Lipinski definition) is 2. The zero-order valence-electron chi connectivity index (χ0n) is 7.29. The van der Waals surface area contributed by atoms with Crippen LogP contribution in [-0.4, -0.2) is 13.2 Å². The van der Waals surface area contributed by atoms with Gasteiger partial charge in [-0.15, -0.1) is 0 Å². The number of nitrogens with two attached hydrogens (primary N) is 1. The van der Waals surface area contributed by atoms with E-state index in [0.717, 1.165) is 17.5 Å². The molecular weight excluding hydrogens is 230 g/mol. The Bertz CT molecular complexity index is 314. The Labute approximate surface area is 86.2 Å². The van der Waals surface area contributed by atoms with Crippen molar-refractivity contribution in [1.29, 1.82) is 0 Å². The van der Waals surface area contributed by atoms with Gasteiger partial charge in [-0.25, -0.2) is 0 Å². The van der Waals surface area contributed by atoms with Crippen molar-refractivity contribution in [3.8, 4) is 0 Å². The van der Waals surface area contributed by atoms with Gasteiger partial charge in [-0.05, 0) is 29.7 Å². The number of rotatable bonds is 0. The molecule has 0 bridgehead atoms. The van der Waals surface area contributed by atoms with Crippen molar-refractivity contribution >= 4 is 15.9 Å². The molecule has 0 fully saturated rings. The Hall–Kier alpha value is -0.380. The molecular formula is C10H12BrNO. The first-order valence-electron chi connectivity index (χ1n) is 4.39. The predicted molar refractivity (Wildman–Crippen MR) is 55.6 cm³/mol. The van der Waals surface area contributed by atoms with Crippen LogP contribution in [0.3, 0.4) is 0 Å². The predicted octanol–water partition coefficient (Wildman–Crippen LogP) is 2.02. The summed E-state index contributed by atoms with van der Waals surface area (Å²) >= 11 is 3.45. The summed E-state index contributed by atoms with van der Waals surface area (Å²) < 4.78 is 6.48. The summed E-state index contributed by atoms with van der Waals surface area (Å²) in [5.41, 5.74) is 8.50. The summed E-state index contributed by atoms with van der Waals surface area (Å²) in [5.74, 6) is 0. The van der Waals surface area contributed by atoms with Crippen LogP contribution in [0.15, 0.2) is 22.7 Å². The molecule has 0 radical (unpaired) electrons. The van der Waals surface area contributed by atoms with Crippen molar-refractivity contribution in [2.24, 2.45) is 5.73 Å². The first-order valence-corrected chi connectivity index (χ1v) is 5.18. The second-order valence-electron chi connectivity index (χ2n) is 3.27. The fourth-order valence-corrected chi connectivity index (χ4v) is 2.00. The molecule has 0 saturated heterocycles. The van der Waals surface area contributed by atoms with Gasteiger partial charge in [-0.2, -0.15) is 0 Å². The molecule has 1 aliphatic rings.